The highest BCUT2D eigenvalue weighted by Crippen LogP contribution is 2.38. The van der Waals surface area contributed by atoms with Crippen molar-refractivity contribution in [3.8, 4) is 12.3 Å². The number of terminal acetylenes is 1. The van der Waals surface area contributed by atoms with Crippen molar-refractivity contribution in [3.05, 3.63) is 47.5 Å². The third-order valence-corrected chi connectivity index (χ3v) is 6.20. The van der Waals surface area contributed by atoms with Crippen LogP contribution in [0.4, 0.5) is 0 Å². The molecule has 2 amide bonds. The highest BCUT2D eigenvalue weighted by atomic mass is 16.5. The van der Waals surface area contributed by atoms with Gasteiger partial charge >= 0.3 is 0 Å². The van der Waals surface area contributed by atoms with E-state index in [1.807, 2.05) is 31.2 Å². The number of rotatable bonds is 15. The van der Waals surface area contributed by atoms with Crippen molar-refractivity contribution in [1.82, 2.24) is 25.0 Å². The van der Waals surface area contributed by atoms with Gasteiger partial charge in [0.1, 0.15) is 12.4 Å². The Kier molecular flexibility index (Phi) is 9.70. The highest BCUT2D eigenvalue weighted by molar-refractivity contribution is 5.89. The second-order valence-electron chi connectivity index (χ2n) is 8.95. The standard InChI is InChI=1S/C26H35N7O3/c1-5-6-14-26(30-31-26)15-12-23(34)33(17-13-22-28-19-32(3)29-22)24(21-11-8-7-10-20(21)2)25(35)27-16-9-18-36-4/h1,7-8,10-11,19,24H,6,9,12-18H2,2-4H3,(H,27,35). The van der Waals surface area contributed by atoms with Gasteiger partial charge in [-0.1, -0.05) is 24.3 Å². The van der Waals surface area contributed by atoms with E-state index in [-0.39, 0.29) is 18.2 Å². The Hall–Kier alpha value is -3.58. The average Bonchev–Trinajstić information content (AvgIpc) is 3.53. The Labute approximate surface area is 212 Å². The number of amides is 2. The first-order valence-electron chi connectivity index (χ1n) is 12.2. The van der Waals surface area contributed by atoms with Crippen LogP contribution < -0.4 is 5.32 Å². The van der Waals surface area contributed by atoms with Crippen LogP contribution in [0.3, 0.4) is 0 Å². The van der Waals surface area contributed by atoms with E-state index in [1.54, 1.807) is 30.1 Å². The number of ether oxygens (including phenoxy) is 1. The molecule has 1 aromatic carbocycles. The van der Waals surface area contributed by atoms with E-state index in [0.717, 1.165) is 11.1 Å². The molecule has 0 bridgehead atoms. The zero-order chi connectivity index (χ0) is 26.0. The minimum absolute atomic E-state index is 0.149. The summed E-state index contributed by atoms with van der Waals surface area (Å²) in [6.45, 7) is 3.22. The Morgan fingerprint density at radius 2 is 2.06 bits per heavy atom. The van der Waals surface area contributed by atoms with Crippen LogP contribution in [0.5, 0.6) is 0 Å². The van der Waals surface area contributed by atoms with Gasteiger partial charge in [-0.05, 0) is 24.5 Å². The number of aryl methyl sites for hydroxylation is 2. The molecular weight excluding hydrogens is 458 g/mol. The molecule has 0 spiro atoms. The third kappa shape index (κ3) is 7.46. The fourth-order valence-electron chi connectivity index (χ4n) is 4.10. The van der Waals surface area contributed by atoms with Crippen LogP contribution in [-0.2, 0) is 27.8 Å². The zero-order valence-corrected chi connectivity index (χ0v) is 21.3. The maximum Gasteiger partial charge on any atom is 0.247 e. The van der Waals surface area contributed by atoms with Crippen LogP contribution in [0, 0.1) is 19.3 Å². The van der Waals surface area contributed by atoms with Gasteiger partial charge in [0, 0.05) is 66.0 Å². The van der Waals surface area contributed by atoms with Gasteiger partial charge in [0.2, 0.25) is 11.8 Å². The molecule has 1 aliphatic rings. The van der Waals surface area contributed by atoms with Crippen molar-refractivity contribution in [3.63, 3.8) is 0 Å². The number of hydrogen-bond donors (Lipinski definition) is 1. The molecule has 1 aliphatic heterocycles. The Morgan fingerprint density at radius 3 is 2.69 bits per heavy atom. The molecule has 1 aromatic heterocycles. The van der Waals surface area contributed by atoms with E-state index >= 15 is 0 Å². The molecule has 2 aromatic rings. The van der Waals surface area contributed by atoms with Gasteiger partial charge in [-0.3, -0.25) is 14.3 Å². The van der Waals surface area contributed by atoms with Crippen LogP contribution >= 0.6 is 0 Å². The number of aromatic nitrogens is 3. The van der Waals surface area contributed by atoms with Gasteiger partial charge in [0.15, 0.2) is 11.5 Å². The maximum atomic E-state index is 13.7. The van der Waals surface area contributed by atoms with Crippen molar-refractivity contribution in [2.45, 2.75) is 57.2 Å². The molecule has 0 aliphatic carbocycles. The molecular formula is C26H35N7O3. The van der Waals surface area contributed by atoms with Crippen molar-refractivity contribution < 1.29 is 14.3 Å². The predicted molar refractivity (Wildman–Crippen MR) is 135 cm³/mol. The highest BCUT2D eigenvalue weighted by Gasteiger charge is 2.41. The van der Waals surface area contributed by atoms with Crippen molar-refractivity contribution in [1.29, 1.82) is 0 Å². The molecule has 1 atom stereocenters. The summed E-state index contributed by atoms with van der Waals surface area (Å²) >= 11 is 0. The Balaban J connectivity index is 1.84. The minimum atomic E-state index is -0.792. The van der Waals surface area contributed by atoms with Gasteiger partial charge in [-0.25, -0.2) is 4.98 Å². The molecule has 3 rings (SSSR count). The first kappa shape index (κ1) is 27.0. The summed E-state index contributed by atoms with van der Waals surface area (Å²) in [5, 5.41) is 15.6. The van der Waals surface area contributed by atoms with Crippen LogP contribution in [-0.4, -0.2) is 63.9 Å². The van der Waals surface area contributed by atoms with Crippen molar-refractivity contribution in [2.24, 2.45) is 17.3 Å². The lowest BCUT2D eigenvalue weighted by Gasteiger charge is -2.32. The third-order valence-electron chi connectivity index (χ3n) is 6.20. The van der Waals surface area contributed by atoms with E-state index in [1.165, 1.54) is 0 Å². The largest absolute Gasteiger partial charge is 0.385 e. The number of nitrogens with one attached hydrogen (secondary N) is 1. The SMILES string of the molecule is C#CCCC1(CCC(=O)N(CCc2ncn(C)n2)C(C(=O)NCCCOC)c2ccccc2C)N=N1. The first-order valence-corrected chi connectivity index (χ1v) is 12.2. The maximum absolute atomic E-state index is 13.7. The summed E-state index contributed by atoms with van der Waals surface area (Å²) < 4.78 is 6.72. The van der Waals surface area contributed by atoms with Crippen molar-refractivity contribution in [2.75, 3.05) is 26.8 Å². The molecule has 10 heteroatoms. The Bertz CT molecular complexity index is 1100. The zero-order valence-electron chi connectivity index (χ0n) is 21.3. The topological polar surface area (TPSA) is 114 Å². The van der Waals surface area contributed by atoms with Gasteiger partial charge in [-0.2, -0.15) is 15.3 Å². The summed E-state index contributed by atoms with van der Waals surface area (Å²) in [6, 6.07) is 6.85. The lowest BCUT2D eigenvalue weighted by molar-refractivity contribution is -0.141. The lowest BCUT2D eigenvalue weighted by atomic mass is 9.97. The minimum Gasteiger partial charge on any atom is -0.385 e. The molecule has 2 heterocycles. The summed E-state index contributed by atoms with van der Waals surface area (Å²) in [6.07, 6.45) is 9.94. The van der Waals surface area contributed by atoms with E-state index in [9.17, 15) is 9.59 Å². The van der Waals surface area contributed by atoms with Crippen LogP contribution in [0.1, 0.15) is 55.1 Å². The molecule has 192 valence electrons. The van der Waals surface area contributed by atoms with Gasteiger partial charge < -0.3 is 15.0 Å². The molecule has 0 fully saturated rings. The van der Waals surface area contributed by atoms with Crippen LogP contribution in [0.25, 0.3) is 0 Å². The second kappa shape index (κ2) is 12.9. The number of methoxy groups -OCH3 is 1. The molecule has 1 N–H and O–H groups in total. The average molecular weight is 494 g/mol. The monoisotopic (exact) mass is 493 g/mol. The summed E-state index contributed by atoms with van der Waals surface area (Å²) in [4.78, 5) is 33.1. The fraction of sp³-hybridized carbons (Fsp3) is 0.538. The number of nitrogens with zero attached hydrogens (tertiary/aromatic N) is 6. The van der Waals surface area contributed by atoms with Gasteiger partial charge in [0.25, 0.3) is 0 Å². The predicted octanol–water partition coefficient (Wildman–Crippen LogP) is 2.74. The molecule has 0 radical (unpaired) electrons. The van der Waals surface area contributed by atoms with E-state index in [2.05, 4.69) is 31.5 Å². The molecule has 1 unspecified atom stereocenters. The molecule has 36 heavy (non-hydrogen) atoms. The Morgan fingerprint density at radius 1 is 1.28 bits per heavy atom. The first-order chi connectivity index (χ1) is 17.4. The van der Waals surface area contributed by atoms with Crippen LogP contribution in [0.15, 0.2) is 40.8 Å². The molecule has 10 nitrogen and oxygen atoms in total. The normalized spacial score (nSPS) is 14.2. The smallest absolute Gasteiger partial charge is 0.247 e. The van der Waals surface area contributed by atoms with E-state index in [0.29, 0.717) is 57.6 Å². The molecule has 0 saturated heterocycles. The number of benzene rings is 1. The summed E-state index contributed by atoms with van der Waals surface area (Å²) in [5.74, 6) is 2.84. The van der Waals surface area contributed by atoms with E-state index < -0.39 is 11.7 Å². The van der Waals surface area contributed by atoms with Crippen molar-refractivity contribution >= 4 is 11.8 Å². The number of carbonyl (C=O) groups excluding carboxylic acids is 2. The quantitative estimate of drug-likeness (QED) is 0.303. The van der Waals surface area contributed by atoms with Gasteiger partial charge in [0.05, 0.1) is 0 Å². The number of hydrogen-bond acceptors (Lipinski definition) is 7. The number of carbonyl (C=O) groups is 2. The lowest BCUT2D eigenvalue weighted by Crippen LogP contribution is -2.45. The fourth-order valence-corrected chi connectivity index (χ4v) is 4.10. The van der Waals surface area contributed by atoms with Gasteiger partial charge in [-0.15, -0.1) is 12.3 Å². The summed E-state index contributed by atoms with van der Waals surface area (Å²) in [7, 11) is 3.42. The van der Waals surface area contributed by atoms with E-state index in [4.69, 9.17) is 11.2 Å². The van der Waals surface area contributed by atoms with Crippen LogP contribution in [0.2, 0.25) is 0 Å². The second-order valence-corrected chi connectivity index (χ2v) is 8.95. The summed E-state index contributed by atoms with van der Waals surface area (Å²) in [5.41, 5.74) is 1.14. The molecule has 0 saturated carbocycles.